The molecule has 1 aromatic heterocycles. The summed E-state index contributed by atoms with van der Waals surface area (Å²) >= 11 is 5.89. The Kier molecular flexibility index (Phi) is 5.34. The lowest BCUT2D eigenvalue weighted by Gasteiger charge is -2.10. The summed E-state index contributed by atoms with van der Waals surface area (Å²) in [5.41, 5.74) is 2.70. The first-order chi connectivity index (χ1) is 12.5. The van der Waals surface area contributed by atoms with Gasteiger partial charge in [0.2, 0.25) is 5.95 Å². The number of benzene rings is 2. The van der Waals surface area contributed by atoms with E-state index in [9.17, 15) is 4.79 Å². The highest BCUT2D eigenvalue weighted by atomic mass is 35.5. The summed E-state index contributed by atoms with van der Waals surface area (Å²) in [6, 6.07) is 15.9. The van der Waals surface area contributed by atoms with Gasteiger partial charge in [-0.3, -0.25) is 0 Å². The molecule has 0 atom stereocenters. The summed E-state index contributed by atoms with van der Waals surface area (Å²) in [5, 5.41) is 16.1. The number of nitrogens with zero attached hydrogens (tertiary/aromatic N) is 2. The highest BCUT2D eigenvalue weighted by Gasteiger charge is 2.06. The lowest BCUT2D eigenvalue weighted by atomic mass is 10.2. The maximum atomic E-state index is 11.1. The number of halogens is 1. The van der Waals surface area contributed by atoms with Gasteiger partial charge in [0.15, 0.2) is 0 Å². The van der Waals surface area contributed by atoms with Crippen LogP contribution in [0.2, 0.25) is 5.02 Å². The van der Waals surface area contributed by atoms with Crippen molar-refractivity contribution in [2.24, 2.45) is 0 Å². The summed E-state index contributed by atoms with van der Waals surface area (Å²) in [6.45, 7) is 2.43. The SMILES string of the molecule is Cc1cc(Nc2cccc(C(=O)O)c2)nc(NCc2ccc(Cl)cc2)n1. The molecule has 0 aliphatic carbocycles. The number of anilines is 3. The van der Waals surface area contributed by atoms with E-state index >= 15 is 0 Å². The molecular formula is C19H17ClN4O2. The molecule has 0 fully saturated rings. The van der Waals surface area contributed by atoms with Gasteiger partial charge in [0.1, 0.15) is 5.82 Å². The van der Waals surface area contributed by atoms with Crippen molar-refractivity contribution in [3.63, 3.8) is 0 Å². The molecule has 3 N–H and O–H groups in total. The predicted molar refractivity (Wildman–Crippen MR) is 102 cm³/mol. The molecule has 0 saturated heterocycles. The molecule has 2 aromatic carbocycles. The smallest absolute Gasteiger partial charge is 0.335 e. The Labute approximate surface area is 155 Å². The number of aryl methyl sites for hydroxylation is 1. The lowest BCUT2D eigenvalue weighted by molar-refractivity contribution is 0.0697. The Bertz CT molecular complexity index is 929. The highest BCUT2D eigenvalue weighted by Crippen LogP contribution is 2.18. The Morgan fingerprint density at radius 2 is 1.88 bits per heavy atom. The van der Waals surface area contributed by atoms with Crippen LogP contribution >= 0.6 is 11.6 Å². The quantitative estimate of drug-likeness (QED) is 0.594. The molecule has 7 heteroatoms. The highest BCUT2D eigenvalue weighted by molar-refractivity contribution is 6.30. The largest absolute Gasteiger partial charge is 0.478 e. The fraction of sp³-hybridized carbons (Fsp3) is 0.105. The Morgan fingerprint density at radius 3 is 2.62 bits per heavy atom. The molecule has 0 unspecified atom stereocenters. The van der Waals surface area contributed by atoms with Gasteiger partial charge in [-0.1, -0.05) is 29.8 Å². The van der Waals surface area contributed by atoms with Crippen LogP contribution in [-0.4, -0.2) is 21.0 Å². The summed E-state index contributed by atoms with van der Waals surface area (Å²) < 4.78 is 0. The maximum absolute atomic E-state index is 11.1. The van der Waals surface area contributed by atoms with E-state index in [1.54, 1.807) is 24.3 Å². The number of aromatic carboxylic acids is 1. The van der Waals surface area contributed by atoms with Crippen LogP contribution in [0.15, 0.2) is 54.6 Å². The van der Waals surface area contributed by atoms with Crippen LogP contribution < -0.4 is 10.6 Å². The lowest BCUT2D eigenvalue weighted by Crippen LogP contribution is -2.06. The minimum atomic E-state index is -0.974. The van der Waals surface area contributed by atoms with E-state index in [1.165, 1.54) is 6.07 Å². The van der Waals surface area contributed by atoms with Gasteiger partial charge in [-0.05, 0) is 42.8 Å². The molecule has 6 nitrogen and oxygen atoms in total. The van der Waals surface area contributed by atoms with Gasteiger partial charge in [-0.15, -0.1) is 0 Å². The molecule has 3 rings (SSSR count). The van der Waals surface area contributed by atoms with Crippen molar-refractivity contribution in [2.75, 3.05) is 10.6 Å². The van der Waals surface area contributed by atoms with Gasteiger partial charge in [0.05, 0.1) is 5.56 Å². The standard InChI is InChI=1S/C19H17ClN4O2/c1-12-9-17(23-16-4-2-3-14(10-16)18(25)26)24-19(22-12)21-11-13-5-7-15(20)8-6-13/h2-10H,11H2,1H3,(H,25,26)(H2,21,22,23,24). The fourth-order valence-corrected chi connectivity index (χ4v) is 2.50. The van der Waals surface area contributed by atoms with Crippen molar-refractivity contribution in [3.05, 3.63) is 76.4 Å². The third kappa shape index (κ3) is 4.70. The molecule has 0 radical (unpaired) electrons. The number of carboxylic acids is 1. The van der Waals surface area contributed by atoms with Crippen molar-refractivity contribution in [1.29, 1.82) is 0 Å². The molecule has 0 aliphatic rings. The molecule has 0 amide bonds. The van der Waals surface area contributed by atoms with Crippen molar-refractivity contribution in [1.82, 2.24) is 9.97 Å². The predicted octanol–water partition coefficient (Wildman–Crippen LogP) is 4.49. The van der Waals surface area contributed by atoms with Gasteiger partial charge in [0.25, 0.3) is 0 Å². The minimum absolute atomic E-state index is 0.210. The van der Waals surface area contributed by atoms with Crippen LogP contribution in [0, 0.1) is 6.92 Å². The van der Waals surface area contributed by atoms with Crippen LogP contribution in [0.25, 0.3) is 0 Å². The average Bonchev–Trinajstić information content (AvgIpc) is 2.61. The van der Waals surface area contributed by atoms with E-state index < -0.39 is 5.97 Å². The van der Waals surface area contributed by atoms with Crippen molar-refractivity contribution in [3.8, 4) is 0 Å². The summed E-state index contributed by atoms with van der Waals surface area (Å²) in [4.78, 5) is 19.9. The average molecular weight is 369 g/mol. The van der Waals surface area contributed by atoms with Crippen molar-refractivity contribution >= 4 is 35.0 Å². The molecule has 26 heavy (non-hydrogen) atoms. The summed E-state index contributed by atoms with van der Waals surface area (Å²) in [7, 11) is 0. The van der Waals surface area contributed by atoms with Gasteiger partial charge in [-0.2, -0.15) is 4.98 Å². The van der Waals surface area contributed by atoms with Crippen LogP contribution in [0.1, 0.15) is 21.6 Å². The number of carbonyl (C=O) groups is 1. The monoisotopic (exact) mass is 368 g/mol. The van der Waals surface area contributed by atoms with Crippen molar-refractivity contribution in [2.45, 2.75) is 13.5 Å². The van der Waals surface area contributed by atoms with Gasteiger partial charge >= 0.3 is 5.97 Å². The van der Waals surface area contributed by atoms with E-state index in [4.69, 9.17) is 16.7 Å². The zero-order chi connectivity index (χ0) is 18.5. The number of nitrogens with one attached hydrogen (secondary N) is 2. The number of carboxylic acid groups (broad SMARTS) is 1. The van der Waals surface area contributed by atoms with E-state index in [0.717, 1.165) is 11.3 Å². The molecule has 0 spiro atoms. The third-order valence-electron chi connectivity index (χ3n) is 3.60. The van der Waals surface area contributed by atoms with E-state index in [0.29, 0.717) is 29.0 Å². The first-order valence-electron chi connectivity index (χ1n) is 7.94. The second kappa shape index (κ2) is 7.84. The molecule has 132 valence electrons. The zero-order valence-electron chi connectivity index (χ0n) is 14.0. The Hall–Kier alpha value is -3.12. The van der Waals surface area contributed by atoms with Crippen LogP contribution in [0.3, 0.4) is 0 Å². The normalized spacial score (nSPS) is 10.4. The molecule has 1 heterocycles. The second-order valence-corrected chi connectivity index (χ2v) is 6.15. The van der Waals surface area contributed by atoms with E-state index in [-0.39, 0.29) is 5.56 Å². The molecule has 3 aromatic rings. The van der Waals surface area contributed by atoms with Gasteiger partial charge in [0, 0.05) is 29.0 Å². The number of rotatable bonds is 6. The van der Waals surface area contributed by atoms with Crippen molar-refractivity contribution < 1.29 is 9.90 Å². The van der Waals surface area contributed by atoms with Crippen LogP contribution in [0.5, 0.6) is 0 Å². The number of hydrogen-bond acceptors (Lipinski definition) is 5. The number of hydrogen-bond donors (Lipinski definition) is 3. The first-order valence-corrected chi connectivity index (χ1v) is 8.32. The molecule has 0 aliphatic heterocycles. The maximum Gasteiger partial charge on any atom is 0.335 e. The Morgan fingerprint density at radius 1 is 1.12 bits per heavy atom. The molecule has 0 saturated carbocycles. The topological polar surface area (TPSA) is 87.1 Å². The first kappa shape index (κ1) is 17.7. The third-order valence-corrected chi connectivity index (χ3v) is 3.85. The molecular weight excluding hydrogens is 352 g/mol. The zero-order valence-corrected chi connectivity index (χ0v) is 14.8. The fourth-order valence-electron chi connectivity index (χ4n) is 2.37. The van der Waals surface area contributed by atoms with Crippen LogP contribution in [0.4, 0.5) is 17.5 Å². The number of aromatic nitrogens is 2. The minimum Gasteiger partial charge on any atom is -0.478 e. The molecule has 0 bridgehead atoms. The Balaban J connectivity index is 1.74. The second-order valence-electron chi connectivity index (χ2n) is 5.71. The van der Waals surface area contributed by atoms with E-state index in [1.807, 2.05) is 31.2 Å². The van der Waals surface area contributed by atoms with Gasteiger partial charge in [-0.25, -0.2) is 9.78 Å². The van der Waals surface area contributed by atoms with Gasteiger partial charge < -0.3 is 15.7 Å². The summed E-state index contributed by atoms with van der Waals surface area (Å²) in [5.74, 6) is 0.0910. The van der Waals surface area contributed by atoms with Crippen LogP contribution in [-0.2, 0) is 6.54 Å². The van der Waals surface area contributed by atoms with E-state index in [2.05, 4.69) is 20.6 Å². The summed E-state index contributed by atoms with van der Waals surface area (Å²) in [6.07, 6.45) is 0.